The van der Waals surface area contributed by atoms with Crippen molar-refractivity contribution in [1.29, 1.82) is 0 Å². The van der Waals surface area contributed by atoms with Gasteiger partial charge in [-0.15, -0.1) is 0 Å². The number of hydrogen-bond acceptors (Lipinski definition) is 3. The fourth-order valence-corrected chi connectivity index (χ4v) is 2.31. The van der Waals surface area contributed by atoms with Crippen molar-refractivity contribution >= 4 is 5.91 Å². The number of benzene rings is 1. The number of aliphatic hydroxyl groups is 1. The minimum Gasteiger partial charge on any atom is -0.395 e. The highest BCUT2D eigenvalue weighted by atomic mass is 16.3. The SMILES string of the molecule is Cc1c[nH]c(CNC(=O)C(CO)c2ccccc2)c(C)c1=O. The number of hydrogen-bond donors (Lipinski definition) is 3. The summed E-state index contributed by atoms with van der Waals surface area (Å²) >= 11 is 0. The Morgan fingerprint density at radius 2 is 1.95 bits per heavy atom. The second-order valence-corrected chi connectivity index (χ2v) is 5.27. The van der Waals surface area contributed by atoms with Gasteiger partial charge in [0.05, 0.1) is 19.1 Å². The van der Waals surface area contributed by atoms with E-state index < -0.39 is 5.92 Å². The number of amides is 1. The Balaban J connectivity index is 2.09. The first-order valence-corrected chi connectivity index (χ1v) is 7.16. The second kappa shape index (κ2) is 7.04. The van der Waals surface area contributed by atoms with E-state index >= 15 is 0 Å². The molecule has 0 radical (unpaired) electrons. The molecule has 116 valence electrons. The maximum atomic E-state index is 12.2. The lowest BCUT2D eigenvalue weighted by Crippen LogP contribution is -2.32. The molecule has 2 rings (SSSR count). The van der Waals surface area contributed by atoms with Crippen molar-refractivity contribution in [3.8, 4) is 0 Å². The Hall–Kier alpha value is -2.40. The van der Waals surface area contributed by atoms with Crippen LogP contribution in [0, 0.1) is 13.8 Å². The molecule has 0 aliphatic carbocycles. The van der Waals surface area contributed by atoms with E-state index in [-0.39, 0.29) is 24.5 Å². The molecule has 22 heavy (non-hydrogen) atoms. The molecule has 3 N–H and O–H groups in total. The van der Waals surface area contributed by atoms with Crippen molar-refractivity contribution in [3.63, 3.8) is 0 Å². The van der Waals surface area contributed by atoms with Crippen molar-refractivity contribution in [2.45, 2.75) is 26.3 Å². The predicted molar refractivity (Wildman–Crippen MR) is 84.7 cm³/mol. The Bertz CT molecular complexity index is 708. The van der Waals surface area contributed by atoms with Crippen LogP contribution in [0.1, 0.15) is 28.3 Å². The monoisotopic (exact) mass is 300 g/mol. The zero-order valence-electron chi connectivity index (χ0n) is 12.7. The molecule has 0 saturated carbocycles. The molecule has 0 saturated heterocycles. The van der Waals surface area contributed by atoms with Crippen molar-refractivity contribution < 1.29 is 9.90 Å². The van der Waals surface area contributed by atoms with E-state index in [0.29, 0.717) is 16.8 Å². The van der Waals surface area contributed by atoms with Gasteiger partial charge in [0.25, 0.3) is 0 Å². The predicted octanol–water partition coefficient (Wildman–Crippen LogP) is 1.38. The fraction of sp³-hybridized carbons (Fsp3) is 0.294. The summed E-state index contributed by atoms with van der Waals surface area (Å²) in [7, 11) is 0. The molecule has 0 fully saturated rings. The van der Waals surface area contributed by atoms with Gasteiger partial charge < -0.3 is 15.4 Å². The van der Waals surface area contributed by atoms with Crippen molar-refractivity contribution in [1.82, 2.24) is 10.3 Å². The Morgan fingerprint density at radius 3 is 2.59 bits per heavy atom. The summed E-state index contributed by atoms with van der Waals surface area (Å²) in [6.45, 7) is 3.43. The molecule has 1 heterocycles. The molecule has 5 nitrogen and oxygen atoms in total. The summed E-state index contributed by atoms with van der Waals surface area (Å²) in [4.78, 5) is 27.1. The van der Waals surface area contributed by atoms with Gasteiger partial charge in [-0.2, -0.15) is 0 Å². The van der Waals surface area contributed by atoms with Gasteiger partial charge in [-0.05, 0) is 19.4 Å². The molecule has 0 aliphatic heterocycles. The first-order valence-electron chi connectivity index (χ1n) is 7.16. The third-order valence-corrected chi connectivity index (χ3v) is 3.75. The highest BCUT2D eigenvalue weighted by molar-refractivity contribution is 5.83. The summed E-state index contributed by atoms with van der Waals surface area (Å²) in [6, 6.07) is 9.12. The molecule has 1 aromatic carbocycles. The lowest BCUT2D eigenvalue weighted by Gasteiger charge is -2.15. The number of aryl methyl sites for hydroxylation is 1. The number of H-pyrrole nitrogens is 1. The van der Waals surface area contributed by atoms with Gasteiger partial charge in [0, 0.05) is 23.0 Å². The number of rotatable bonds is 5. The number of carbonyl (C=O) groups is 1. The quantitative estimate of drug-likeness (QED) is 0.780. The molecular weight excluding hydrogens is 280 g/mol. The molecule has 1 aromatic heterocycles. The van der Waals surface area contributed by atoms with Crippen molar-refractivity contribution in [3.05, 3.63) is 69.1 Å². The number of pyridine rings is 1. The summed E-state index contributed by atoms with van der Waals surface area (Å²) < 4.78 is 0. The third-order valence-electron chi connectivity index (χ3n) is 3.75. The van der Waals surface area contributed by atoms with Crippen LogP contribution in [0.3, 0.4) is 0 Å². The van der Waals surface area contributed by atoms with Gasteiger partial charge in [-0.3, -0.25) is 9.59 Å². The molecule has 2 aromatic rings. The van der Waals surface area contributed by atoms with Crippen LogP contribution < -0.4 is 10.7 Å². The fourth-order valence-electron chi connectivity index (χ4n) is 2.31. The average molecular weight is 300 g/mol. The summed E-state index contributed by atoms with van der Waals surface area (Å²) in [6.07, 6.45) is 1.64. The number of aromatic amines is 1. The van der Waals surface area contributed by atoms with Crippen LogP contribution in [0.4, 0.5) is 0 Å². The summed E-state index contributed by atoms with van der Waals surface area (Å²) in [5.74, 6) is -0.881. The van der Waals surface area contributed by atoms with E-state index in [2.05, 4.69) is 10.3 Å². The van der Waals surface area contributed by atoms with Crippen LogP contribution in [-0.2, 0) is 11.3 Å². The number of aromatic nitrogens is 1. The van der Waals surface area contributed by atoms with Crippen LogP contribution in [0.25, 0.3) is 0 Å². The van der Waals surface area contributed by atoms with Gasteiger partial charge in [0.2, 0.25) is 5.91 Å². The van der Waals surface area contributed by atoms with E-state index in [1.54, 1.807) is 32.2 Å². The number of aliphatic hydroxyl groups excluding tert-OH is 1. The lowest BCUT2D eigenvalue weighted by atomic mass is 9.99. The van der Waals surface area contributed by atoms with Crippen LogP contribution in [0.15, 0.2) is 41.3 Å². The number of nitrogens with one attached hydrogen (secondary N) is 2. The Morgan fingerprint density at radius 1 is 1.27 bits per heavy atom. The van der Waals surface area contributed by atoms with Gasteiger partial charge >= 0.3 is 0 Å². The first-order chi connectivity index (χ1) is 10.5. The largest absolute Gasteiger partial charge is 0.395 e. The molecule has 0 spiro atoms. The standard InChI is InChI=1S/C17H20N2O3/c1-11-8-18-15(12(2)16(11)21)9-19-17(22)14(10-20)13-6-4-3-5-7-13/h3-8,14,20H,9-10H2,1-2H3,(H,18,21)(H,19,22). The highest BCUT2D eigenvalue weighted by Crippen LogP contribution is 2.15. The smallest absolute Gasteiger partial charge is 0.230 e. The average Bonchev–Trinajstić information content (AvgIpc) is 2.54. The third kappa shape index (κ3) is 3.43. The molecular formula is C17H20N2O3. The molecule has 0 aliphatic rings. The van der Waals surface area contributed by atoms with Crippen LogP contribution in [0.5, 0.6) is 0 Å². The van der Waals surface area contributed by atoms with E-state index in [1.807, 2.05) is 18.2 Å². The van der Waals surface area contributed by atoms with E-state index in [0.717, 1.165) is 5.56 Å². The Kier molecular flexibility index (Phi) is 5.12. The molecule has 1 unspecified atom stereocenters. The van der Waals surface area contributed by atoms with Gasteiger partial charge in [0.15, 0.2) is 5.43 Å². The second-order valence-electron chi connectivity index (χ2n) is 5.27. The zero-order valence-corrected chi connectivity index (χ0v) is 12.7. The topological polar surface area (TPSA) is 82.2 Å². The maximum Gasteiger partial charge on any atom is 0.230 e. The van der Waals surface area contributed by atoms with Crippen LogP contribution >= 0.6 is 0 Å². The van der Waals surface area contributed by atoms with Crippen LogP contribution in [-0.4, -0.2) is 22.6 Å². The van der Waals surface area contributed by atoms with Crippen molar-refractivity contribution in [2.24, 2.45) is 0 Å². The van der Waals surface area contributed by atoms with Gasteiger partial charge in [-0.1, -0.05) is 30.3 Å². The van der Waals surface area contributed by atoms with Gasteiger partial charge in [0.1, 0.15) is 0 Å². The minimum atomic E-state index is -0.612. The molecule has 1 atom stereocenters. The zero-order chi connectivity index (χ0) is 16.1. The van der Waals surface area contributed by atoms with Crippen molar-refractivity contribution in [2.75, 3.05) is 6.61 Å². The number of carbonyl (C=O) groups excluding carboxylic acids is 1. The molecule has 5 heteroatoms. The molecule has 1 amide bonds. The Labute approximate surface area is 129 Å². The first kappa shape index (κ1) is 16.0. The van der Waals surface area contributed by atoms with Gasteiger partial charge in [-0.25, -0.2) is 0 Å². The lowest BCUT2D eigenvalue weighted by molar-refractivity contribution is -0.123. The van der Waals surface area contributed by atoms with E-state index in [1.165, 1.54) is 0 Å². The summed E-state index contributed by atoms with van der Waals surface area (Å²) in [5, 5.41) is 12.2. The maximum absolute atomic E-state index is 12.2. The molecule has 0 bridgehead atoms. The van der Waals surface area contributed by atoms with Crippen LogP contribution in [0.2, 0.25) is 0 Å². The van der Waals surface area contributed by atoms with E-state index in [4.69, 9.17) is 0 Å². The normalized spacial score (nSPS) is 12.0. The summed E-state index contributed by atoms with van der Waals surface area (Å²) in [5.41, 5.74) is 2.65. The minimum absolute atomic E-state index is 0.0234. The highest BCUT2D eigenvalue weighted by Gasteiger charge is 2.19. The van der Waals surface area contributed by atoms with E-state index in [9.17, 15) is 14.7 Å².